The molecule has 3 rings (SSSR count). The van der Waals surface area contributed by atoms with E-state index in [0.717, 1.165) is 23.3 Å². The van der Waals surface area contributed by atoms with Crippen LogP contribution < -0.4 is 5.32 Å². The Labute approximate surface area is 105 Å². The van der Waals surface area contributed by atoms with Crippen molar-refractivity contribution < 1.29 is 0 Å². The van der Waals surface area contributed by atoms with Gasteiger partial charge in [-0.25, -0.2) is 4.98 Å². The quantitative estimate of drug-likeness (QED) is 0.900. The van der Waals surface area contributed by atoms with Crippen LogP contribution >= 0.6 is 11.3 Å². The van der Waals surface area contributed by atoms with Crippen LogP contribution in [-0.4, -0.2) is 16.0 Å². The second-order valence-electron chi connectivity index (χ2n) is 4.49. The highest BCUT2D eigenvalue weighted by molar-refractivity contribution is 7.13. The largest absolute Gasteiger partial charge is 0.308 e. The summed E-state index contributed by atoms with van der Waals surface area (Å²) in [7, 11) is 0. The summed E-state index contributed by atoms with van der Waals surface area (Å²) in [6.45, 7) is 2.97. The highest BCUT2D eigenvalue weighted by Crippen LogP contribution is 2.26. The van der Waals surface area contributed by atoms with Gasteiger partial charge >= 0.3 is 0 Å². The van der Waals surface area contributed by atoms with Crippen molar-refractivity contribution in [2.24, 2.45) is 0 Å². The number of pyridine rings is 1. The van der Waals surface area contributed by atoms with Crippen molar-refractivity contribution in [1.82, 2.24) is 15.3 Å². The van der Waals surface area contributed by atoms with Gasteiger partial charge in [-0.2, -0.15) is 0 Å². The minimum absolute atomic E-state index is 0.739. The number of hydrogen-bond donors (Lipinski definition) is 1. The van der Waals surface area contributed by atoms with E-state index in [4.69, 9.17) is 0 Å². The number of nitrogens with one attached hydrogen (secondary N) is 1. The maximum atomic E-state index is 4.67. The zero-order chi connectivity index (χ0) is 11.7. The van der Waals surface area contributed by atoms with Crippen LogP contribution in [0.25, 0.3) is 10.6 Å². The fraction of sp³-hybridized carbons (Fsp3) is 0.385. The Morgan fingerprint density at radius 2 is 2.35 bits per heavy atom. The van der Waals surface area contributed by atoms with Crippen molar-refractivity contribution in [2.45, 2.75) is 32.4 Å². The summed E-state index contributed by atoms with van der Waals surface area (Å²) in [6, 6.07) is 2.77. The van der Waals surface area contributed by atoms with Crippen LogP contribution in [0.15, 0.2) is 23.8 Å². The van der Waals surface area contributed by atoms with Gasteiger partial charge < -0.3 is 5.32 Å². The molecular weight excluding hydrogens is 230 g/mol. The molecule has 4 heteroatoms. The molecule has 0 spiro atoms. The Morgan fingerprint density at radius 3 is 3.12 bits per heavy atom. The molecule has 2 aromatic heterocycles. The van der Waals surface area contributed by atoms with Gasteiger partial charge in [-0.05, 0) is 31.4 Å². The van der Waals surface area contributed by atoms with Crippen molar-refractivity contribution in [3.05, 3.63) is 35.1 Å². The summed E-state index contributed by atoms with van der Waals surface area (Å²) in [5, 5.41) is 6.72. The molecule has 1 aliphatic rings. The Bertz CT molecular complexity index is 517. The molecule has 2 heterocycles. The molecule has 0 aromatic carbocycles. The van der Waals surface area contributed by atoms with Gasteiger partial charge in [-0.3, -0.25) is 4.98 Å². The lowest BCUT2D eigenvalue weighted by Gasteiger charge is -2.00. The normalized spacial score (nSPS) is 15.1. The van der Waals surface area contributed by atoms with Gasteiger partial charge in [0.1, 0.15) is 5.01 Å². The van der Waals surface area contributed by atoms with Crippen LogP contribution in [0, 0.1) is 6.92 Å². The molecule has 1 aliphatic carbocycles. The average molecular weight is 245 g/mol. The highest BCUT2D eigenvalue weighted by Gasteiger charge is 2.20. The fourth-order valence-corrected chi connectivity index (χ4v) is 2.67. The van der Waals surface area contributed by atoms with Crippen molar-refractivity contribution >= 4 is 11.3 Å². The summed E-state index contributed by atoms with van der Waals surface area (Å²) in [6.07, 6.45) is 6.35. The summed E-state index contributed by atoms with van der Waals surface area (Å²) in [5.41, 5.74) is 3.53. The molecule has 1 fully saturated rings. The fourth-order valence-electron chi connectivity index (χ4n) is 1.76. The highest BCUT2D eigenvalue weighted by atomic mass is 32.1. The number of thiazole rings is 1. The SMILES string of the molecule is Cc1cnccc1-c1nc(CNC2CC2)cs1. The molecule has 0 aliphatic heterocycles. The van der Waals surface area contributed by atoms with Gasteiger partial charge in [0.05, 0.1) is 5.69 Å². The molecule has 17 heavy (non-hydrogen) atoms. The summed E-state index contributed by atoms with van der Waals surface area (Å²) >= 11 is 1.71. The molecule has 0 atom stereocenters. The van der Waals surface area contributed by atoms with Crippen molar-refractivity contribution in [1.29, 1.82) is 0 Å². The van der Waals surface area contributed by atoms with Crippen LogP contribution in [0.2, 0.25) is 0 Å². The molecule has 1 N–H and O–H groups in total. The van der Waals surface area contributed by atoms with E-state index in [1.165, 1.54) is 24.0 Å². The van der Waals surface area contributed by atoms with E-state index in [1.807, 2.05) is 18.5 Å². The first-order valence-electron chi connectivity index (χ1n) is 5.92. The zero-order valence-electron chi connectivity index (χ0n) is 9.81. The first-order valence-corrected chi connectivity index (χ1v) is 6.79. The molecule has 1 saturated carbocycles. The Kier molecular flexibility index (Phi) is 2.91. The predicted molar refractivity (Wildman–Crippen MR) is 69.9 cm³/mol. The first-order chi connectivity index (χ1) is 8.33. The molecule has 2 aromatic rings. The second-order valence-corrected chi connectivity index (χ2v) is 5.35. The number of nitrogens with zero attached hydrogens (tertiary/aromatic N) is 2. The maximum absolute atomic E-state index is 4.67. The van der Waals surface area contributed by atoms with E-state index < -0.39 is 0 Å². The van der Waals surface area contributed by atoms with Crippen molar-refractivity contribution in [3.8, 4) is 10.6 Å². The molecule has 0 saturated heterocycles. The van der Waals surface area contributed by atoms with Gasteiger partial charge in [0.25, 0.3) is 0 Å². The Balaban J connectivity index is 1.77. The lowest BCUT2D eigenvalue weighted by molar-refractivity contribution is 0.678. The third-order valence-electron chi connectivity index (χ3n) is 2.95. The van der Waals surface area contributed by atoms with Gasteiger partial charge in [-0.1, -0.05) is 0 Å². The Hall–Kier alpha value is -1.26. The van der Waals surface area contributed by atoms with Crippen molar-refractivity contribution in [2.75, 3.05) is 0 Å². The lowest BCUT2D eigenvalue weighted by atomic mass is 10.2. The van der Waals surface area contributed by atoms with Gasteiger partial charge in [0, 0.05) is 35.9 Å². The smallest absolute Gasteiger partial charge is 0.124 e. The summed E-state index contributed by atoms with van der Waals surface area (Å²) < 4.78 is 0. The zero-order valence-corrected chi connectivity index (χ0v) is 10.6. The van der Waals surface area contributed by atoms with E-state index in [9.17, 15) is 0 Å². The molecule has 0 radical (unpaired) electrons. The van der Waals surface area contributed by atoms with E-state index in [0.29, 0.717) is 0 Å². The second kappa shape index (κ2) is 4.55. The third-order valence-corrected chi connectivity index (χ3v) is 3.88. The van der Waals surface area contributed by atoms with E-state index in [2.05, 4.69) is 27.6 Å². The van der Waals surface area contributed by atoms with E-state index in [-0.39, 0.29) is 0 Å². The average Bonchev–Trinajstić information content (AvgIpc) is 3.06. The van der Waals surface area contributed by atoms with Gasteiger partial charge in [0.15, 0.2) is 0 Å². The number of rotatable bonds is 4. The van der Waals surface area contributed by atoms with Crippen molar-refractivity contribution in [3.63, 3.8) is 0 Å². The molecule has 0 unspecified atom stereocenters. The molecule has 3 nitrogen and oxygen atoms in total. The van der Waals surface area contributed by atoms with Crippen LogP contribution in [0.4, 0.5) is 0 Å². The van der Waals surface area contributed by atoms with E-state index in [1.54, 1.807) is 11.3 Å². The first kappa shape index (κ1) is 10.9. The minimum atomic E-state index is 0.739. The van der Waals surface area contributed by atoms with Crippen LogP contribution in [-0.2, 0) is 6.54 Å². The molecule has 88 valence electrons. The number of aryl methyl sites for hydroxylation is 1. The van der Waals surface area contributed by atoms with Crippen LogP contribution in [0.1, 0.15) is 24.1 Å². The van der Waals surface area contributed by atoms with Crippen LogP contribution in [0.5, 0.6) is 0 Å². The molecular formula is C13H15N3S. The topological polar surface area (TPSA) is 37.8 Å². The van der Waals surface area contributed by atoms with Gasteiger partial charge in [0.2, 0.25) is 0 Å². The van der Waals surface area contributed by atoms with E-state index >= 15 is 0 Å². The predicted octanol–water partition coefficient (Wildman–Crippen LogP) is 2.77. The molecule has 0 bridgehead atoms. The number of aromatic nitrogens is 2. The lowest BCUT2D eigenvalue weighted by Crippen LogP contribution is -2.15. The third kappa shape index (κ3) is 2.53. The van der Waals surface area contributed by atoms with Gasteiger partial charge in [-0.15, -0.1) is 11.3 Å². The molecule has 0 amide bonds. The number of hydrogen-bond acceptors (Lipinski definition) is 4. The monoisotopic (exact) mass is 245 g/mol. The maximum Gasteiger partial charge on any atom is 0.124 e. The Morgan fingerprint density at radius 1 is 1.47 bits per heavy atom. The summed E-state index contributed by atoms with van der Waals surface area (Å²) in [5.74, 6) is 0. The summed E-state index contributed by atoms with van der Waals surface area (Å²) in [4.78, 5) is 8.78. The minimum Gasteiger partial charge on any atom is -0.308 e. The standard InChI is InChI=1S/C13H15N3S/c1-9-6-14-5-4-12(9)13-16-11(8-17-13)7-15-10-2-3-10/h4-6,8,10,15H,2-3,7H2,1H3. The van der Waals surface area contributed by atoms with Crippen LogP contribution in [0.3, 0.4) is 0 Å².